The van der Waals surface area contributed by atoms with Crippen molar-refractivity contribution in [2.75, 3.05) is 0 Å². The number of imidazole rings is 1. The van der Waals surface area contributed by atoms with Crippen molar-refractivity contribution in [3.05, 3.63) is 179 Å². The molecule has 7 aromatic heterocycles. The van der Waals surface area contributed by atoms with Crippen LogP contribution in [-0.4, -0.2) is 49.0 Å². The number of aryl methyl sites for hydroxylation is 13. The minimum Gasteiger partial charge on any atom is -0.361 e. The Kier molecular flexibility index (Phi) is 32.2. The zero-order valence-electron chi connectivity index (χ0n) is 56.3. The Morgan fingerprint density at radius 2 is 1.00 bits per heavy atom. The maximum absolute atomic E-state index is 5.01. The zero-order chi connectivity index (χ0) is 62.2. The van der Waals surface area contributed by atoms with Gasteiger partial charge in [-0.3, -0.25) is 19.7 Å². The molecule has 7 heterocycles. The van der Waals surface area contributed by atoms with E-state index in [-0.39, 0.29) is 0 Å². The zero-order valence-corrected chi connectivity index (χ0v) is 57.1. The summed E-state index contributed by atoms with van der Waals surface area (Å²) in [5.41, 5.74) is 23.0. The highest BCUT2D eigenvalue weighted by Gasteiger charge is 2.14. The molecule has 8 aromatic rings. The summed E-state index contributed by atoms with van der Waals surface area (Å²) in [7, 11) is 4.03. The molecule has 0 saturated heterocycles. The molecule has 448 valence electrons. The van der Waals surface area contributed by atoms with Gasteiger partial charge in [0.1, 0.15) is 5.76 Å². The van der Waals surface area contributed by atoms with Crippen LogP contribution >= 0.6 is 11.5 Å². The fourth-order valence-electron chi connectivity index (χ4n) is 10.5. The number of aromatic amines is 1. The highest BCUT2D eigenvalue weighted by Crippen LogP contribution is 2.26. The van der Waals surface area contributed by atoms with E-state index < -0.39 is 0 Å². The smallest absolute Gasteiger partial charge is 0.137 e. The molecule has 0 aliphatic carbocycles. The van der Waals surface area contributed by atoms with Gasteiger partial charge in [0.2, 0.25) is 0 Å². The highest BCUT2D eigenvalue weighted by molar-refractivity contribution is 7.05. The van der Waals surface area contributed by atoms with Crippen LogP contribution < -0.4 is 0 Å². The Bertz CT molecular complexity index is 2630. The minimum atomic E-state index is 0.520. The summed E-state index contributed by atoms with van der Waals surface area (Å²) in [6.45, 7) is 59.9. The largest absolute Gasteiger partial charge is 0.361 e. The van der Waals surface area contributed by atoms with Crippen LogP contribution in [-0.2, 0) is 14.1 Å². The van der Waals surface area contributed by atoms with Crippen LogP contribution in [0.1, 0.15) is 270 Å². The maximum atomic E-state index is 5.01. The molecule has 0 radical (unpaired) electrons. The van der Waals surface area contributed by atoms with E-state index in [0.717, 1.165) is 28.5 Å². The molecule has 8 rings (SSSR count). The van der Waals surface area contributed by atoms with Gasteiger partial charge in [0.25, 0.3) is 0 Å². The third kappa shape index (κ3) is 23.8. The van der Waals surface area contributed by atoms with Crippen molar-refractivity contribution in [2.24, 2.45) is 14.1 Å². The standard InChI is InChI=1S/C10H14.C9H16N2.2C9H13N.2C8H14N2.C8H13NO.C8H13NS/c1-8(2)10-7-5-4-6-9(10)3;1-6(2)9-7(3)10-11(5)8(9)4;1-7(2)9-4-5-10-6-8(9)3;1-7(2)9-5-4-6-10-8(9)3;1-6(2)8-7(3)9-5-10(8)4;3*1-5(2)8-6(3)9-10-7(8)4/h4-8H,1-3H3;6H,1-5H3;2*4-7H,1-3H3;5-6H,1-4H3;5H,1-4H3,(H,9,10);2*5H,1-4H3. The van der Waals surface area contributed by atoms with Crippen LogP contribution in [0.4, 0.5) is 0 Å². The number of aromatic nitrogens is 10. The minimum absolute atomic E-state index is 0.520. The topological polar surface area (TPSA) is 129 Å². The number of nitrogens with zero attached hydrogens (tertiary/aromatic N) is 9. The van der Waals surface area contributed by atoms with Crippen molar-refractivity contribution in [3.8, 4) is 0 Å². The Labute approximate surface area is 497 Å². The number of benzene rings is 1. The van der Waals surface area contributed by atoms with Gasteiger partial charge >= 0.3 is 0 Å². The van der Waals surface area contributed by atoms with Crippen LogP contribution in [0.3, 0.4) is 0 Å². The lowest BCUT2D eigenvalue weighted by molar-refractivity contribution is 0.392. The van der Waals surface area contributed by atoms with Gasteiger partial charge in [0.15, 0.2) is 0 Å². The first-order valence-electron chi connectivity index (χ1n) is 29.4. The van der Waals surface area contributed by atoms with Crippen LogP contribution in [0.2, 0.25) is 0 Å². The van der Waals surface area contributed by atoms with Crippen LogP contribution in [0.15, 0.2) is 71.9 Å². The summed E-state index contributed by atoms with van der Waals surface area (Å²) in [6.07, 6.45) is 7.46. The van der Waals surface area contributed by atoms with Gasteiger partial charge < -0.3 is 9.09 Å². The number of rotatable bonds is 8. The Hall–Kier alpha value is -6.01. The van der Waals surface area contributed by atoms with Gasteiger partial charge in [-0.2, -0.15) is 14.6 Å². The summed E-state index contributed by atoms with van der Waals surface area (Å²) in [4.78, 5) is 13.8. The molecule has 0 atom stereocenters. The second-order valence-electron chi connectivity index (χ2n) is 23.9. The third-order valence-electron chi connectivity index (χ3n) is 14.1. The molecule has 0 aliphatic heterocycles. The van der Waals surface area contributed by atoms with E-state index in [1.165, 1.54) is 83.4 Å². The Morgan fingerprint density at radius 1 is 0.469 bits per heavy atom. The van der Waals surface area contributed by atoms with E-state index in [1.54, 1.807) is 11.5 Å². The summed E-state index contributed by atoms with van der Waals surface area (Å²) in [5, 5.41) is 15.3. The third-order valence-corrected chi connectivity index (χ3v) is 15.0. The SMILES string of the molecule is Cc1ccccc1C(C)C.Cc1cnccc1C(C)C.Cc1n[nH]c(C)c1C(C)C.Cc1ncccc1C(C)C.Cc1ncn(C)c1C(C)C.Cc1nn(C)c(C)c1C(C)C.Cc1noc(C)c1C(C)C.Cc1nsc(C)c1C(C)C. The number of nitrogens with one attached hydrogen (secondary N) is 1. The Balaban J connectivity index is 0.000000463. The predicted molar refractivity (Wildman–Crippen MR) is 348 cm³/mol. The lowest BCUT2D eigenvalue weighted by Crippen LogP contribution is -1.98. The van der Waals surface area contributed by atoms with E-state index in [2.05, 4.69) is 254 Å². The molecule has 1 aromatic carbocycles. The van der Waals surface area contributed by atoms with Gasteiger partial charge in [-0.15, -0.1) is 0 Å². The average Bonchev–Trinajstić information content (AvgIpc) is 4.19. The van der Waals surface area contributed by atoms with Gasteiger partial charge in [-0.1, -0.05) is 146 Å². The van der Waals surface area contributed by atoms with Crippen molar-refractivity contribution in [3.63, 3.8) is 0 Å². The molecular weight excluding hydrogens is 1020 g/mol. The highest BCUT2D eigenvalue weighted by atomic mass is 32.1. The van der Waals surface area contributed by atoms with Crippen LogP contribution in [0.5, 0.6) is 0 Å². The molecule has 11 nitrogen and oxygen atoms in total. The molecule has 0 spiro atoms. The maximum Gasteiger partial charge on any atom is 0.137 e. The van der Waals surface area contributed by atoms with E-state index in [0.29, 0.717) is 47.3 Å². The lowest BCUT2D eigenvalue weighted by Gasteiger charge is -2.07. The van der Waals surface area contributed by atoms with Crippen molar-refractivity contribution >= 4 is 11.5 Å². The van der Waals surface area contributed by atoms with E-state index >= 15 is 0 Å². The first-order valence-corrected chi connectivity index (χ1v) is 30.2. The van der Waals surface area contributed by atoms with Gasteiger partial charge in [0.05, 0.1) is 34.8 Å². The molecule has 81 heavy (non-hydrogen) atoms. The predicted octanol–water partition coefficient (Wildman–Crippen LogP) is 19.6. The average molecular weight is 1130 g/mol. The van der Waals surface area contributed by atoms with Gasteiger partial charge in [0, 0.05) is 65.9 Å². The van der Waals surface area contributed by atoms with Crippen molar-refractivity contribution in [1.82, 2.24) is 49.0 Å². The molecule has 0 fully saturated rings. The number of hydrogen-bond donors (Lipinski definition) is 1. The van der Waals surface area contributed by atoms with Crippen molar-refractivity contribution in [1.29, 1.82) is 0 Å². The molecule has 12 heteroatoms. The van der Waals surface area contributed by atoms with Gasteiger partial charge in [-0.25, -0.2) is 4.98 Å². The summed E-state index contributed by atoms with van der Waals surface area (Å²) < 4.78 is 13.3. The first-order chi connectivity index (χ1) is 37.7. The second-order valence-corrected chi connectivity index (χ2v) is 24.8. The van der Waals surface area contributed by atoms with E-state index in [4.69, 9.17) is 4.52 Å². The molecule has 0 bridgehead atoms. The molecule has 0 unspecified atom stereocenters. The van der Waals surface area contributed by atoms with Crippen molar-refractivity contribution in [2.45, 2.75) is 241 Å². The normalized spacial score (nSPS) is 10.7. The van der Waals surface area contributed by atoms with E-state index in [1.807, 2.05) is 70.5 Å². The molecule has 0 amide bonds. The monoisotopic (exact) mass is 1130 g/mol. The summed E-state index contributed by atoms with van der Waals surface area (Å²) >= 11 is 1.61. The second kappa shape index (κ2) is 35.8. The number of pyridine rings is 2. The number of hydrogen-bond acceptors (Lipinski definition) is 9. The summed E-state index contributed by atoms with van der Waals surface area (Å²) in [6, 6.07) is 14.7. The number of H-pyrrole nitrogens is 1. The van der Waals surface area contributed by atoms with Crippen LogP contribution in [0, 0.1) is 83.1 Å². The van der Waals surface area contributed by atoms with Crippen LogP contribution in [0.25, 0.3) is 0 Å². The quantitative estimate of drug-likeness (QED) is 0.159. The van der Waals surface area contributed by atoms with Gasteiger partial charge in [-0.05, 0) is 199 Å². The fraction of sp³-hybridized carbons (Fsp3) is 0.551. The Morgan fingerprint density at radius 3 is 1.27 bits per heavy atom. The fourth-order valence-corrected chi connectivity index (χ4v) is 11.4. The van der Waals surface area contributed by atoms with Crippen molar-refractivity contribution < 1.29 is 4.52 Å². The molecule has 0 aliphatic rings. The molecule has 0 saturated carbocycles. The lowest BCUT2D eigenvalue weighted by atomic mass is 9.99. The first kappa shape index (κ1) is 73.0. The summed E-state index contributed by atoms with van der Waals surface area (Å²) in [5.74, 6) is 5.70. The molecular formula is C69H110N10OS. The van der Waals surface area contributed by atoms with E-state index in [9.17, 15) is 0 Å². The molecule has 1 N–H and O–H groups in total.